The van der Waals surface area contributed by atoms with E-state index in [-0.39, 0.29) is 31.1 Å². The van der Waals surface area contributed by atoms with E-state index in [0.29, 0.717) is 19.3 Å². The van der Waals surface area contributed by atoms with Crippen molar-refractivity contribution in [3.63, 3.8) is 0 Å². The molecule has 0 radical (unpaired) electrons. The van der Waals surface area contributed by atoms with E-state index in [2.05, 4.69) is 45.1 Å². The largest absolute Gasteiger partial charge is 0.462 e. The van der Waals surface area contributed by atoms with Crippen LogP contribution in [-0.2, 0) is 28.6 Å². The number of rotatable bonds is 50. The molecule has 0 amide bonds. The van der Waals surface area contributed by atoms with Crippen molar-refractivity contribution in [3.8, 4) is 0 Å². The van der Waals surface area contributed by atoms with Crippen molar-refractivity contribution in [1.82, 2.24) is 0 Å². The molecular formula is C56H104O6. The summed E-state index contributed by atoms with van der Waals surface area (Å²) in [5, 5.41) is 0. The summed E-state index contributed by atoms with van der Waals surface area (Å²) in [6.45, 7) is 6.64. The quantitative estimate of drug-likeness (QED) is 0.0262. The first-order valence-electron chi connectivity index (χ1n) is 27.3. The van der Waals surface area contributed by atoms with Crippen LogP contribution in [0.2, 0.25) is 0 Å². The minimum absolute atomic E-state index is 0.0685. The van der Waals surface area contributed by atoms with Crippen LogP contribution in [0, 0.1) is 0 Å². The molecule has 0 aromatic heterocycles. The molecule has 0 spiro atoms. The molecule has 0 rings (SSSR count). The maximum atomic E-state index is 12.8. The fourth-order valence-corrected chi connectivity index (χ4v) is 8.06. The fourth-order valence-electron chi connectivity index (χ4n) is 8.06. The van der Waals surface area contributed by atoms with Crippen LogP contribution in [-0.4, -0.2) is 37.2 Å². The van der Waals surface area contributed by atoms with Gasteiger partial charge in [0.05, 0.1) is 0 Å². The van der Waals surface area contributed by atoms with Crippen molar-refractivity contribution < 1.29 is 28.6 Å². The highest BCUT2D eigenvalue weighted by molar-refractivity contribution is 5.71. The van der Waals surface area contributed by atoms with E-state index in [0.717, 1.165) is 70.6 Å². The highest BCUT2D eigenvalue weighted by atomic mass is 16.6. The average Bonchev–Trinajstić information content (AvgIpc) is 3.27. The predicted octanol–water partition coefficient (Wildman–Crippen LogP) is 17.9. The van der Waals surface area contributed by atoms with Crippen molar-refractivity contribution in [3.05, 3.63) is 24.3 Å². The van der Waals surface area contributed by atoms with Gasteiger partial charge in [0.1, 0.15) is 13.2 Å². The number of unbranched alkanes of at least 4 members (excludes halogenated alkanes) is 35. The minimum Gasteiger partial charge on any atom is -0.462 e. The third-order valence-electron chi connectivity index (χ3n) is 12.2. The molecule has 0 aliphatic heterocycles. The Kier molecular flexibility index (Phi) is 49.8. The van der Waals surface area contributed by atoms with E-state index in [1.165, 1.54) is 186 Å². The lowest BCUT2D eigenvalue weighted by molar-refractivity contribution is -0.167. The van der Waals surface area contributed by atoms with Gasteiger partial charge in [0, 0.05) is 19.3 Å². The number of ether oxygens (including phenoxy) is 3. The van der Waals surface area contributed by atoms with E-state index in [9.17, 15) is 14.4 Å². The highest BCUT2D eigenvalue weighted by Gasteiger charge is 2.19. The van der Waals surface area contributed by atoms with Crippen molar-refractivity contribution in [2.75, 3.05) is 13.2 Å². The molecule has 0 heterocycles. The summed E-state index contributed by atoms with van der Waals surface area (Å²) >= 11 is 0. The first-order chi connectivity index (χ1) is 30.5. The molecule has 364 valence electrons. The SMILES string of the molecule is CCCCC/C=C/C/C=C/CCCCCCCCCC(=O)OC[C@@H](COC(=O)CCCCCCCCCCCCCCC)OC(=O)CCCCCCCCCCCCCCCC. The van der Waals surface area contributed by atoms with Crippen molar-refractivity contribution in [2.24, 2.45) is 0 Å². The summed E-state index contributed by atoms with van der Waals surface area (Å²) in [7, 11) is 0. The Hall–Kier alpha value is -2.11. The van der Waals surface area contributed by atoms with Gasteiger partial charge in [0.2, 0.25) is 0 Å². The van der Waals surface area contributed by atoms with Gasteiger partial charge in [0.25, 0.3) is 0 Å². The molecule has 0 aromatic carbocycles. The minimum atomic E-state index is -0.768. The van der Waals surface area contributed by atoms with Crippen LogP contribution >= 0.6 is 0 Å². The Bertz CT molecular complexity index is 1000. The van der Waals surface area contributed by atoms with E-state index in [4.69, 9.17) is 14.2 Å². The van der Waals surface area contributed by atoms with Gasteiger partial charge < -0.3 is 14.2 Å². The molecule has 0 saturated heterocycles. The second-order valence-corrected chi connectivity index (χ2v) is 18.5. The van der Waals surface area contributed by atoms with Gasteiger partial charge in [-0.15, -0.1) is 0 Å². The molecule has 0 fully saturated rings. The number of carbonyl (C=O) groups is 3. The molecule has 0 N–H and O–H groups in total. The van der Waals surface area contributed by atoms with E-state index in [1.54, 1.807) is 0 Å². The Labute approximate surface area is 385 Å². The van der Waals surface area contributed by atoms with Crippen LogP contribution in [0.25, 0.3) is 0 Å². The van der Waals surface area contributed by atoms with E-state index in [1.807, 2.05) is 0 Å². The second kappa shape index (κ2) is 51.5. The van der Waals surface area contributed by atoms with Crippen LogP contribution in [0.1, 0.15) is 297 Å². The Morgan fingerprint density at radius 2 is 0.581 bits per heavy atom. The number of hydrogen-bond acceptors (Lipinski definition) is 6. The van der Waals surface area contributed by atoms with E-state index >= 15 is 0 Å². The molecule has 0 saturated carbocycles. The van der Waals surface area contributed by atoms with Crippen LogP contribution in [0.5, 0.6) is 0 Å². The molecule has 1 atom stereocenters. The lowest BCUT2D eigenvalue weighted by Crippen LogP contribution is -2.30. The van der Waals surface area contributed by atoms with Gasteiger partial charge in [-0.1, -0.05) is 251 Å². The zero-order valence-corrected chi connectivity index (χ0v) is 41.7. The lowest BCUT2D eigenvalue weighted by Gasteiger charge is -2.18. The normalized spacial score (nSPS) is 12.1. The highest BCUT2D eigenvalue weighted by Crippen LogP contribution is 2.16. The van der Waals surface area contributed by atoms with Gasteiger partial charge in [0.15, 0.2) is 6.10 Å². The zero-order valence-electron chi connectivity index (χ0n) is 41.7. The van der Waals surface area contributed by atoms with Crippen LogP contribution < -0.4 is 0 Å². The number of esters is 3. The zero-order chi connectivity index (χ0) is 45.1. The third kappa shape index (κ3) is 48.9. The molecule has 0 unspecified atom stereocenters. The Balaban J connectivity index is 4.33. The standard InChI is InChI=1S/C56H104O6/c1-4-7-10-13-16-19-22-25-27-28-29-32-34-37-40-43-46-49-55(58)61-52-53(51-60-54(57)48-45-42-39-36-33-30-24-21-18-15-12-9-6-3)62-56(59)50-47-44-41-38-35-31-26-23-20-17-14-11-8-5-2/h16,19,25,27,53H,4-15,17-18,20-24,26,28-52H2,1-3H3/b19-16+,27-25+/t53-/m1/s1. The summed E-state index contributed by atoms with van der Waals surface area (Å²) in [6.07, 6.45) is 58.7. The first kappa shape index (κ1) is 59.9. The van der Waals surface area contributed by atoms with Gasteiger partial charge in [-0.25, -0.2) is 0 Å². The number of allylic oxidation sites excluding steroid dienone is 4. The molecule has 6 nitrogen and oxygen atoms in total. The van der Waals surface area contributed by atoms with Crippen molar-refractivity contribution >= 4 is 17.9 Å². The molecule has 0 aliphatic carbocycles. The molecular weight excluding hydrogens is 769 g/mol. The molecule has 6 heteroatoms. The second-order valence-electron chi connectivity index (χ2n) is 18.5. The van der Waals surface area contributed by atoms with Gasteiger partial charge in [-0.2, -0.15) is 0 Å². The predicted molar refractivity (Wildman–Crippen MR) is 266 cm³/mol. The lowest BCUT2D eigenvalue weighted by atomic mass is 10.0. The van der Waals surface area contributed by atoms with Gasteiger partial charge >= 0.3 is 17.9 Å². The third-order valence-corrected chi connectivity index (χ3v) is 12.2. The molecule has 0 aromatic rings. The monoisotopic (exact) mass is 873 g/mol. The fraction of sp³-hybridized carbons (Fsp3) is 0.875. The topological polar surface area (TPSA) is 78.9 Å². The van der Waals surface area contributed by atoms with Crippen molar-refractivity contribution in [1.29, 1.82) is 0 Å². The summed E-state index contributed by atoms with van der Waals surface area (Å²) in [4.78, 5) is 38.0. The molecule has 0 aliphatic rings. The van der Waals surface area contributed by atoms with Crippen LogP contribution in [0.15, 0.2) is 24.3 Å². The van der Waals surface area contributed by atoms with Gasteiger partial charge in [-0.3, -0.25) is 14.4 Å². The number of hydrogen-bond donors (Lipinski definition) is 0. The molecule has 0 bridgehead atoms. The summed E-state index contributed by atoms with van der Waals surface area (Å²) in [5.74, 6) is -0.859. The maximum Gasteiger partial charge on any atom is 0.306 e. The summed E-state index contributed by atoms with van der Waals surface area (Å²) in [5.41, 5.74) is 0. The van der Waals surface area contributed by atoms with Gasteiger partial charge in [-0.05, 0) is 51.4 Å². The molecule has 62 heavy (non-hydrogen) atoms. The van der Waals surface area contributed by atoms with Crippen molar-refractivity contribution in [2.45, 2.75) is 303 Å². The Morgan fingerprint density at radius 1 is 0.323 bits per heavy atom. The first-order valence-corrected chi connectivity index (χ1v) is 27.3. The van der Waals surface area contributed by atoms with Crippen LogP contribution in [0.4, 0.5) is 0 Å². The average molecular weight is 873 g/mol. The number of carbonyl (C=O) groups excluding carboxylic acids is 3. The van der Waals surface area contributed by atoms with E-state index < -0.39 is 6.10 Å². The summed E-state index contributed by atoms with van der Waals surface area (Å²) < 4.78 is 16.8. The summed E-state index contributed by atoms with van der Waals surface area (Å²) in [6, 6.07) is 0. The smallest absolute Gasteiger partial charge is 0.306 e. The maximum absolute atomic E-state index is 12.8. The van der Waals surface area contributed by atoms with Crippen LogP contribution in [0.3, 0.4) is 0 Å². The Morgan fingerprint density at radius 3 is 0.919 bits per heavy atom.